The van der Waals surface area contributed by atoms with Gasteiger partial charge in [-0.2, -0.15) is 5.10 Å². The smallest absolute Gasteiger partial charge is 0.225 e. The van der Waals surface area contributed by atoms with Crippen molar-refractivity contribution in [2.24, 2.45) is 0 Å². The van der Waals surface area contributed by atoms with Gasteiger partial charge >= 0.3 is 0 Å². The van der Waals surface area contributed by atoms with E-state index < -0.39 is 0 Å². The topological polar surface area (TPSA) is 71.0 Å². The summed E-state index contributed by atoms with van der Waals surface area (Å²) in [5.41, 5.74) is 0. The number of unbranched alkanes of at least 4 members (excludes halogenated alkanes) is 1. The van der Waals surface area contributed by atoms with E-state index in [0.29, 0.717) is 12.5 Å². The van der Waals surface area contributed by atoms with Gasteiger partial charge < -0.3 is 16.0 Å². The normalized spacial score (nSPS) is 15.4. The molecule has 3 N–H and O–H groups in total. The van der Waals surface area contributed by atoms with Crippen molar-refractivity contribution in [2.45, 2.75) is 25.3 Å². The highest BCUT2D eigenvalue weighted by Crippen LogP contribution is 2.17. The van der Waals surface area contributed by atoms with Crippen molar-refractivity contribution in [3.8, 4) is 0 Å². The fraction of sp³-hybridized carbons (Fsp3) is 0.667. The zero-order valence-corrected chi connectivity index (χ0v) is 10.8. The number of hydrogen-bond donors (Lipinski definition) is 3. The van der Waals surface area contributed by atoms with Gasteiger partial charge in [-0.05, 0) is 26.4 Å². The summed E-state index contributed by atoms with van der Waals surface area (Å²) in [6.07, 6.45) is 4.23. The molecule has 1 aromatic rings. The number of anilines is 1. The molecule has 6 nitrogen and oxygen atoms in total. The third kappa shape index (κ3) is 3.30. The summed E-state index contributed by atoms with van der Waals surface area (Å²) in [5.74, 6) is 0.875. The van der Waals surface area contributed by atoms with Gasteiger partial charge in [-0.15, -0.1) is 0 Å². The summed E-state index contributed by atoms with van der Waals surface area (Å²) in [5, 5.41) is 13.5. The SMILES string of the molecule is CNCCCCC(=O)Nc1ccnn1C1CNC1. The molecule has 0 spiro atoms. The zero-order chi connectivity index (χ0) is 12.8. The van der Waals surface area contributed by atoms with Crippen molar-refractivity contribution in [1.82, 2.24) is 20.4 Å². The average Bonchev–Trinajstić information content (AvgIpc) is 2.71. The summed E-state index contributed by atoms with van der Waals surface area (Å²) in [7, 11) is 1.92. The lowest BCUT2D eigenvalue weighted by molar-refractivity contribution is -0.116. The predicted molar refractivity (Wildman–Crippen MR) is 70.5 cm³/mol. The first-order chi connectivity index (χ1) is 8.81. The molecule has 0 radical (unpaired) electrons. The maximum atomic E-state index is 11.8. The van der Waals surface area contributed by atoms with Gasteiger partial charge in [0, 0.05) is 25.6 Å². The predicted octanol–water partition coefficient (Wildman–Crippen LogP) is 0.356. The second-order valence-corrected chi connectivity index (χ2v) is 4.58. The molecule has 0 bridgehead atoms. The van der Waals surface area contributed by atoms with Crippen LogP contribution in [-0.4, -0.2) is 42.4 Å². The van der Waals surface area contributed by atoms with E-state index in [2.05, 4.69) is 21.0 Å². The standard InChI is InChI=1S/C12H21N5O/c1-13-6-3-2-4-12(18)16-11-5-7-15-17(11)10-8-14-9-10/h5,7,10,13-14H,2-4,6,8-9H2,1H3,(H,16,18). The number of hydrogen-bond acceptors (Lipinski definition) is 4. The Morgan fingerprint density at radius 2 is 2.39 bits per heavy atom. The van der Waals surface area contributed by atoms with Gasteiger partial charge in [0.05, 0.1) is 12.2 Å². The first-order valence-electron chi connectivity index (χ1n) is 6.50. The molecule has 18 heavy (non-hydrogen) atoms. The number of rotatable bonds is 7. The Balaban J connectivity index is 1.78. The van der Waals surface area contributed by atoms with Crippen molar-refractivity contribution in [1.29, 1.82) is 0 Å². The zero-order valence-electron chi connectivity index (χ0n) is 10.8. The molecule has 0 aliphatic carbocycles. The van der Waals surface area contributed by atoms with Crippen LogP contribution in [0.4, 0.5) is 5.82 Å². The highest BCUT2D eigenvalue weighted by Gasteiger charge is 2.22. The summed E-state index contributed by atoms with van der Waals surface area (Å²) in [6, 6.07) is 2.23. The molecule has 100 valence electrons. The molecule has 1 aromatic heterocycles. The average molecular weight is 251 g/mol. The van der Waals surface area contributed by atoms with E-state index in [1.54, 1.807) is 6.20 Å². The molecule has 0 aromatic carbocycles. The van der Waals surface area contributed by atoms with E-state index in [1.807, 2.05) is 17.8 Å². The van der Waals surface area contributed by atoms with Gasteiger partial charge in [0.2, 0.25) is 5.91 Å². The Hall–Kier alpha value is -1.40. The molecule has 1 aliphatic rings. The fourth-order valence-corrected chi connectivity index (χ4v) is 1.94. The van der Waals surface area contributed by atoms with Crippen molar-refractivity contribution in [3.63, 3.8) is 0 Å². The Kier molecular flexibility index (Phi) is 4.72. The maximum Gasteiger partial charge on any atom is 0.225 e. The third-order valence-electron chi connectivity index (χ3n) is 3.12. The van der Waals surface area contributed by atoms with Crippen LogP contribution < -0.4 is 16.0 Å². The lowest BCUT2D eigenvalue weighted by atomic mass is 10.2. The van der Waals surface area contributed by atoms with E-state index in [0.717, 1.165) is 38.3 Å². The van der Waals surface area contributed by atoms with Crippen molar-refractivity contribution in [3.05, 3.63) is 12.3 Å². The largest absolute Gasteiger partial charge is 0.320 e. The van der Waals surface area contributed by atoms with Gasteiger partial charge in [-0.3, -0.25) is 4.79 Å². The van der Waals surface area contributed by atoms with Crippen molar-refractivity contribution < 1.29 is 4.79 Å². The minimum atomic E-state index is 0.0696. The van der Waals surface area contributed by atoms with Crippen LogP contribution >= 0.6 is 0 Å². The number of nitrogens with zero attached hydrogens (tertiary/aromatic N) is 2. The minimum absolute atomic E-state index is 0.0696. The lowest BCUT2D eigenvalue weighted by Crippen LogP contribution is -2.44. The molecule has 0 atom stereocenters. The summed E-state index contributed by atoms with van der Waals surface area (Å²) in [6.45, 7) is 2.80. The molecule has 0 saturated carbocycles. The molecule has 1 fully saturated rings. The number of amides is 1. The van der Waals surface area contributed by atoms with Gasteiger partial charge in [0.1, 0.15) is 5.82 Å². The number of carbonyl (C=O) groups excluding carboxylic acids is 1. The second kappa shape index (κ2) is 6.51. The van der Waals surface area contributed by atoms with Gasteiger partial charge in [0.25, 0.3) is 0 Å². The van der Waals surface area contributed by atoms with Crippen LogP contribution in [0.25, 0.3) is 0 Å². The van der Waals surface area contributed by atoms with Gasteiger partial charge in [0.15, 0.2) is 0 Å². The van der Waals surface area contributed by atoms with E-state index in [1.165, 1.54) is 0 Å². The van der Waals surface area contributed by atoms with Gasteiger partial charge in [-0.25, -0.2) is 4.68 Å². The lowest BCUT2D eigenvalue weighted by Gasteiger charge is -2.28. The van der Waals surface area contributed by atoms with Crippen LogP contribution in [0.3, 0.4) is 0 Å². The number of aromatic nitrogens is 2. The Morgan fingerprint density at radius 3 is 3.06 bits per heavy atom. The maximum absolute atomic E-state index is 11.8. The van der Waals surface area contributed by atoms with Gasteiger partial charge in [-0.1, -0.05) is 0 Å². The molecule has 2 rings (SSSR count). The molecule has 2 heterocycles. The summed E-state index contributed by atoms with van der Waals surface area (Å²) < 4.78 is 1.89. The molecule has 0 unspecified atom stereocenters. The van der Waals surface area contributed by atoms with Crippen LogP contribution in [0.15, 0.2) is 12.3 Å². The van der Waals surface area contributed by atoms with Crippen LogP contribution in [-0.2, 0) is 4.79 Å². The Bertz CT molecular complexity index is 386. The first-order valence-corrected chi connectivity index (χ1v) is 6.50. The van der Waals surface area contributed by atoms with Crippen LogP contribution in [0.5, 0.6) is 0 Å². The van der Waals surface area contributed by atoms with E-state index in [4.69, 9.17) is 0 Å². The highest BCUT2D eigenvalue weighted by molar-refractivity contribution is 5.89. The van der Waals surface area contributed by atoms with Crippen LogP contribution in [0, 0.1) is 0 Å². The van der Waals surface area contributed by atoms with Crippen molar-refractivity contribution >= 4 is 11.7 Å². The monoisotopic (exact) mass is 251 g/mol. The van der Waals surface area contributed by atoms with E-state index in [9.17, 15) is 4.79 Å². The molecule has 1 amide bonds. The highest BCUT2D eigenvalue weighted by atomic mass is 16.1. The van der Waals surface area contributed by atoms with Crippen molar-refractivity contribution in [2.75, 3.05) is 32.0 Å². The van der Waals surface area contributed by atoms with Crippen LogP contribution in [0.2, 0.25) is 0 Å². The molecule has 6 heteroatoms. The van der Waals surface area contributed by atoms with E-state index in [-0.39, 0.29) is 5.91 Å². The molecular weight excluding hydrogens is 230 g/mol. The number of carbonyl (C=O) groups is 1. The van der Waals surface area contributed by atoms with E-state index >= 15 is 0 Å². The summed E-state index contributed by atoms with van der Waals surface area (Å²) >= 11 is 0. The number of nitrogens with one attached hydrogen (secondary N) is 3. The minimum Gasteiger partial charge on any atom is -0.320 e. The fourth-order valence-electron chi connectivity index (χ4n) is 1.94. The first kappa shape index (κ1) is 13.0. The molecular formula is C12H21N5O. The third-order valence-corrected chi connectivity index (χ3v) is 3.12. The Morgan fingerprint density at radius 1 is 1.56 bits per heavy atom. The Labute approximate surface area is 107 Å². The molecule has 1 saturated heterocycles. The van der Waals surface area contributed by atoms with Crippen LogP contribution in [0.1, 0.15) is 25.3 Å². The quantitative estimate of drug-likeness (QED) is 0.612. The summed E-state index contributed by atoms with van der Waals surface area (Å²) in [4.78, 5) is 11.8. The molecule has 1 aliphatic heterocycles. The second-order valence-electron chi connectivity index (χ2n) is 4.58.